The number of hydrogen-bond acceptors (Lipinski definition) is 3. The predicted molar refractivity (Wildman–Crippen MR) is 87.1 cm³/mol. The molecule has 2 rings (SSSR count). The maximum Gasteiger partial charge on any atom is 0.132 e. The second-order valence-corrected chi connectivity index (χ2v) is 5.63. The van der Waals surface area contributed by atoms with Gasteiger partial charge in [-0.2, -0.15) is 0 Å². The summed E-state index contributed by atoms with van der Waals surface area (Å²) in [7, 11) is 0. The average molecular weight is 308 g/mol. The number of ether oxygens (including phenoxy) is 1. The summed E-state index contributed by atoms with van der Waals surface area (Å²) in [6, 6.07) is 13.8. The maximum atomic E-state index is 6.05. The quantitative estimate of drug-likeness (QED) is 0.762. The van der Waals surface area contributed by atoms with Crippen LogP contribution >= 0.6 is 23.4 Å². The Labute approximate surface area is 129 Å². The van der Waals surface area contributed by atoms with Crippen molar-refractivity contribution in [1.82, 2.24) is 5.32 Å². The molecule has 2 aromatic carbocycles. The smallest absolute Gasteiger partial charge is 0.132 e. The second kappa shape index (κ2) is 7.58. The fourth-order valence-electron chi connectivity index (χ4n) is 1.82. The Kier molecular flexibility index (Phi) is 5.77. The predicted octanol–water partition coefficient (Wildman–Crippen LogP) is 4.96. The first-order valence-electron chi connectivity index (χ1n) is 6.54. The summed E-state index contributed by atoms with van der Waals surface area (Å²) in [5, 5.41) is 4.02. The molecule has 0 aliphatic carbocycles. The van der Waals surface area contributed by atoms with Crippen molar-refractivity contribution in [1.29, 1.82) is 0 Å². The van der Waals surface area contributed by atoms with E-state index in [9.17, 15) is 0 Å². The lowest BCUT2D eigenvalue weighted by molar-refractivity contribution is 0.473. The summed E-state index contributed by atoms with van der Waals surface area (Å²) in [5.41, 5.74) is 1.06. The van der Waals surface area contributed by atoms with Crippen LogP contribution in [0.1, 0.15) is 12.5 Å². The van der Waals surface area contributed by atoms with Crippen LogP contribution in [-0.2, 0) is 6.54 Å². The van der Waals surface area contributed by atoms with Crippen LogP contribution in [0.3, 0.4) is 0 Å². The van der Waals surface area contributed by atoms with Crippen LogP contribution in [0.25, 0.3) is 0 Å². The molecule has 0 radical (unpaired) electrons. The van der Waals surface area contributed by atoms with Gasteiger partial charge in [0.2, 0.25) is 0 Å². The summed E-state index contributed by atoms with van der Waals surface area (Å²) >= 11 is 7.77. The highest BCUT2D eigenvalue weighted by molar-refractivity contribution is 7.98. The first kappa shape index (κ1) is 15.2. The molecule has 0 fully saturated rings. The van der Waals surface area contributed by atoms with E-state index < -0.39 is 0 Å². The van der Waals surface area contributed by atoms with Gasteiger partial charge in [-0.25, -0.2) is 0 Å². The Morgan fingerprint density at radius 1 is 1.15 bits per heavy atom. The first-order valence-corrected chi connectivity index (χ1v) is 8.14. The zero-order chi connectivity index (χ0) is 14.4. The standard InChI is InChI=1S/C16H18ClNOS/c1-3-18-11-12-10-13(17)4-9-16(12)19-14-5-7-15(20-2)8-6-14/h4-10,18H,3,11H2,1-2H3. The van der Waals surface area contributed by atoms with Gasteiger partial charge < -0.3 is 10.1 Å². The molecule has 0 amide bonds. The number of thioether (sulfide) groups is 1. The highest BCUT2D eigenvalue weighted by Crippen LogP contribution is 2.29. The third-order valence-electron chi connectivity index (χ3n) is 2.88. The average Bonchev–Trinajstić information content (AvgIpc) is 2.48. The number of rotatable bonds is 6. The van der Waals surface area contributed by atoms with Gasteiger partial charge in [-0.3, -0.25) is 0 Å². The van der Waals surface area contributed by atoms with Crippen LogP contribution in [0.4, 0.5) is 0 Å². The molecule has 4 heteroatoms. The van der Waals surface area contributed by atoms with E-state index in [1.807, 2.05) is 30.3 Å². The Morgan fingerprint density at radius 2 is 1.90 bits per heavy atom. The molecule has 0 saturated heterocycles. The number of hydrogen-bond donors (Lipinski definition) is 1. The topological polar surface area (TPSA) is 21.3 Å². The number of nitrogens with one attached hydrogen (secondary N) is 1. The maximum absolute atomic E-state index is 6.05. The molecule has 0 atom stereocenters. The largest absolute Gasteiger partial charge is 0.457 e. The van der Waals surface area contributed by atoms with Gasteiger partial charge in [-0.15, -0.1) is 11.8 Å². The summed E-state index contributed by atoms with van der Waals surface area (Å²) in [4.78, 5) is 1.22. The Morgan fingerprint density at radius 3 is 2.55 bits per heavy atom. The Bertz CT molecular complexity index is 557. The van der Waals surface area contributed by atoms with Crippen LogP contribution in [-0.4, -0.2) is 12.8 Å². The van der Waals surface area contributed by atoms with Crippen molar-refractivity contribution in [2.75, 3.05) is 12.8 Å². The van der Waals surface area contributed by atoms with Crippen LogP contribution < -0.4 is 10.1 Å². The molecule has 0 aliphatic heterocycles. The van der Waals surface area contributed by atoms with Crippen molar-refractivity contribution in [2.24, 2.45) is 0 Å². The van der Waals surface area contributed by atoms with Gasteiger partial charge in [-0.05, 0) is 55.3 Å². The van der Waals surface area contributed by atoms with Gasteiger partial charge in [-0.1, -0.05) is 18.5 Å². The number of halogens is 1. The Balaban J connectivity index is 2.18. The zero-order valence-electron chi connectivity index (χ0n) is 11.7. The van der Waals surface area contributed by atoms with E-state index in [4.69, 9.17) is 16.3 Å². The monoisotopic (exact) mass is 307 g/mol. The third kappa shape index (κ3) is 4.17. The van der Waals surface area contributed by atoms with Crippen molar-refractivity contribution in [2.45, 2.75) is 18.4 Å². The summed E-state index contributed by atoms with van der Waals surface area (Å²) < 4.78 is 5.95. The molecular formula is C16H18ClNOS. The third-order valence-corrected chi connectivity index (χ3v) is 3.85. The van der Waals surface area contributed by atoms with Gasteiger partial charge in [0.05, 0.1) is 0 Å². The molecule has 1 N–H and O–H groups in total. The zero-order valence-corrected chi connectivity index (χ0v) is 13.2. The molecule has 0 aliphatic rings. The molecule has 2 nitrogen and oxygen atoms in total. The van der Waals surface area contributed by atoms with E-state index in [-0.39, 0.29) is 0 Å². The number of benzene rings is 2. The molecule has 106 valence electrons. The molecule has 0 unspecified atom stereocenters. The minimum atomic E-state index is 0.725. The Hall–Kier alpha value is -1.16. The van der Waals surface area contributed by atoms with Gasteiger partial charge >= 0.3 is 0 Å². The van der Waals surface area contributed by atoms with E-state index in [1.165, 1.54) is 4.90 Å². The van der Waals surface area contributed by atoms with Crippen LogP contribution in [0.2, 0.25) is 5.02 Å². The fraction of sp³-hybridized carbons (Fsp3) is 0.250. The molecular weight excluding hydrogens is 290 g/mol. The molecule has 0 heterocycles. The molecule has 0 bridgehead atoms. The van der Waals surface area contributed by atoms with Gasteiger partial charge in [0.15, 0.2) is 0 Å². The van der Waals surface area contributed by atoms with Crippen molar-refractivity contribution in [3.05, 3.63) is 53.1 Å². The van der Waals surface area contributed by atoms with Crippen LogP contribution in [0.5, 0.6) is 11.5 Å². The lowest BCUT2D eigenvalue weighted by Crippen LogP contribution is -2.12. The van der Waals surface area contributed by atoms with Gasteiger partial charge in [0.25, 0.3) is 0 Å². The van der Waals surface area contributed by atoms with Crippen molar-refractivity contribution in [3.8, 4) is 11.5 Å². The van der Waals surface area contributed by atoms with E-state index in [1.54, 1.807) is 11.8 Å². The van der Waals surface area contributed by atoms with E-state index in [0.717, 1.165) is 35.2 Å². The highest BCUT2D eigenvalue weighted by atomic mass is 35.5. The summed E-state index contributed by atoms with van der Waals surface area (Å²) in [5.74, 6) is 1.68. The van der Waals surface area contributed by atoms with Gasteiger partial charge in [0.1, 0.15) is 11.5 Å². The fourth-order valence-corrected chi connectivity index (χ4v) is 2.42. The van der Waals surface area contributed by atoms with Crippen molar-refractivity contribution >= 4 is 23.4 Å². The van der Waals surface area contributed by atoms with Crippen LogP contribution in [0, 0.1) is 0 Å². The van der Waals surface area contributed by atoms with Crippen molar-refractivity contribution in [3.63, 3.8) is 0 Å². The SMILES string of the molecule is CCNCc1cc(Cl)ccc1Oc1ccc(SC)cc1. The first-order chi connectivity index (χ1) is 9.72. The van der Waals surface area contributed by atoms with E-state index >= 15 is 0 Å². The van der Waals surface area contributed by atoms with E-state index in [2.05, 4.69) is 30.6 Å². The molecule has 2 aromatic rings. The minimum Gasteiger partial charge on any atom is -0.457 e. The molecule has 0 saturated carbocycles. The summed E-state index contributed by atoms with van der Waals surface area (Å²) in [6.45, 7) is 3.73. The van der Waals surface area contributed by atoms with E-state index in [0.29, 0.717) is 0 Å². The lowest BCUT2D eigenvalue weighted by atomic mass is 10.2. The molecule has 0 spiro atoms. The molecule has 0 aromatic heterocycles. The summed E-state index contributed by atoms with van der Waals surface area (Å²) in [6.07, 6.45) is 2.06. The molecule has 20 heavy (non-hydrogen) atoms. The van der Waals surface area contributed by atoms with Crippen LogP contribution in [0.15, 0.2) is 47.4 Å². The minimum absolute atomic E-state index is 0.725. The van der Waals surface area contributed by atoms with Gasteiger partial charge in [0, 0.05) is 22.0 Å². The lowest BCUT2D eigenvalue weighted by Gasteiger charge is -2.12. The second-order valence-electron chi connectivity index (χ2n) is 4.31. The normalized spacial score (nSPS) is 10.6. The van der Waals surface area contributed by atoms with Crippen molar-refractivity contribution < 1.29 is 4.74 Å². The highest BCUT2D eigenvalue weighted by Gasteiger charge is 2.06.